The number of fused-ring (bicyclic) bond motifs is 1. The number of ether oxygens (including phenoxy) is 1. The molecule has 0 radical (unpaired) electrons. The van der Waals surface area contributed by atoms with Crippen LogP contribution in [0.5, 0.6) is 0 Å². The van der Waals surface area contributed by atoms with Crippen LogP contribution in [0.15, 0.2) is 6.07 Å². The van der Waals surface area contributed by atoms with E-state index in [1.54, 1.807) is 0 Å². The van der Waals surface area contributed by atoms with Crippen molar-refractivity contribution in [1.29, 1.82) is 0 Å². The lowest BCUT2D eigenvalue weighted by Crippen LogP contribution is -2.53. The summed E-state index contributed by atoms with van der Waals surface area (Å²) >= 11 is 0. The van der Waals surface area contributed by atoms with Crippen molar-refractivity contribution in [1.82, 2.24) is 15.1 Å². The van der Waals surface area contributed by atoms with E-state index in [4.69, 9.17) is 9.84 Å². The first-order chi connectivity index (χ1) is 10.7. The standard InChI is InChI=1S/C16H24N4O2/c1-3-16(12-4-5-12)10-17-15(21)13-8-14(18-20(13)16)19-6-7-22-9-11(19)2/h8,11-12H,3-7,9-10H2,1-2H3,(H,17,21)/t11-,16-/m1/s1. The molecule has 1 aromatic heterocycles. The van der Waals surface area contributed by atoms with Gasteiger partial charge in [0.1, 0.15) is 5.69 Å². The normalized spacial score (nSPS) is 31.8. The van der Waals surface area contributed by atoms with Gasteiger partial charge >= 0.3 is 0 Å². The number of carbonyl (C=O) groups is 1. The maximum Gasteiger partial charge on any atom is 0.269 e. The van der Waals surface area contributed by atoms with Gasteiger partial charge in [0, 0.05) is 19.2 Å². The summed E-state index contributed by atoms with van der Waals surface area (Å²) in [5.41, 5.74) is 0.686. The first-order valence-corrected chi connectivity index (χ1v) is 8.39. The zero-order valence-electron chi connectivity index (χ0n) is 13.3. The molecule has 0 bridgehead atoms. The molecule has 3 aliphatic rings. The van der Waals surface area contributed by atoms with Crippen LogP contribution in [-0.2, 0) is 10.3 Å². The molecular formula is C16H24N4O2. The van der Waals surface area contributed by atoms with E-state index < -0.39 is 0 Å². The van der Waals surface area contributed by atoms with Crippen LogP contribution in [0.4, 0.5) is 5.82 Å². The summed E-state index contributed by atoms with van der Waals surface area (Å²) in [5, 5.41) is 7.97. The molecule has 1 N–H and O–H groups in total. The Bertz CT molecular complexity index is 595. The maximum absolute atomic E-state index is 12.3. The Hall–Kier alpha value is -1.56. The number of hydrogen-bond donors (Lipinski definition) is 1. The maximum atomic E-state index is 12.3. The van der Waals surface area contributed by atoms with Gasteiger partial charge in [-0.25, -0.2) is 4.68 Å². The van der Waals surface area contributed by atoms with Crippen molar-refractivity contribution in [3.05, 3.63) is 11.8 Å². The fourth-order valence-electron chi connectivity index (χ4n) is 3.98. The number of morpholine rings is 1. The van der Waals surface area contributed by atoms with E-state index in [0.717, 1.165) is 32.0 Å². The molecule has 6 nitrogen and oxygen atoms in total. The second-order valence-corrected chi connectivity index (χ2v) is 6.83. The minimum Gasteiger partial charge on any atom is -0.377 e. The van der Waals surface area contributed by atoms with Crippen molar-refractivity contribution in [3.63, 3.8) is 0 Å². The number of nitrogens with one attached hydrogen (secondary N) is 1. The minimum atomic E-state index is -0.0307. The quantitative estimate of drug-likeness (QED) is 0.916. The first kappa shape index (κ1) is 14.1. The molecule has 2 fully saturated rings. The summed E-state index contributed by atoms with van der Waals surface area (Å²) in [5.74, 6) is 1.57. The van der Waals surface area contributed by atoms with Crippen molar-refractivity contribution in [3.8, 4) is 0 Å². The van der Waals surface area contributed by atoms with Crippen molar-refractivity contribution in [2.45, 2.75) is 44.7 Å². The van der Waals surface area contributed by atoms with E-state index in [2.05, 4.69) is 24.1 Å². The van der Waals surface area contributed by atoms with Gasteiger partial charge in [-0.15, -0.1) is 0 Å². The van der Waals surface area contributed by atoms with Crippen molar-refractivity contribution < 1.29 is 9.53 Å². The SMILES string of the molecule is CC[C@]1(C2CC2)CNC(=O)c2cc(N3CCOC[C@H]3C)nn21. The molecule has 0 spiro atoms. The highest BCUT2D eigenvalue weighted by Gasteiger charge is 2.50. The van der Waals surface area contributed by atoms with Crippen LogP contribution >= 0.6 is 0 Å². The van der Waals surface area contributed by atoms with Gasteiger partial charge in [0.15, 0.2) is 5.82 Å². The largest absolute Gasteiger partial charge is 0.377 e. The molecule has 3 heterocycles. The summed E-state index contributed by atoms with van der Waals surface area (Å²) in [6, 6.07) is 2.26. The van der Waals surface area contributed by atoms with E-state index in [0.29, 0.717) is 24.2 Å². The zero-order chi connectivity index (χ0) is 15.3. The highest BCUT2D eigenvalue weighted by Crippen LogP contribution is 2.47. The van der Waals surface area contributed by atoms with Gasteiger partial charge in [-0.1, -0.05) is 6.92 Å². The third-order valence-corrected chi connectivity index (χ3v) is 5.52. The number of carbonyl (C=O) groups excluding carboxylic acids is 1. The van der Waals surface area contributed by atoms with E-state index in [1.807, 2.05) is 10.7 Å². The number of nitrogens with zero attached hydrogens (tertiary/aromatic N) is 3. The van der Waals surface area contributed by atoms with Gasteiger partial charge in [-0.2, -0.15) is 5.10 Å². The van der Waals surface area contributed by atoms with Crippen molar-refractivity contribution in [2.75, 3.05) is 31.2 Å². The van der Waals surface area contributed by atoms with E-state index in [9.17, 15) is 4.79 Å². The second-order valence-electron chi connectivity index (χ2n) is 6.83. The first-order valence-electron chi connectivity index (χ1n) is 8.39. The fraction of sp³-hybridized carbons (Fsp3) is 0.750. The van der Waals surface area contributed by atoms with Crippen molar-refractivity contribution >= 4 is 11.7 Å². The summed E-state index contributed by atoms with van der Waals surface area (Å²) < 4.78 is 7.55. The molecule has 1 aliphatic carbocycles. The molecular weight excluding hydrogens is 280 g/mol. The average molecular weight is 304 g/mol. The predicted molar refractivity (Wildman–Crippen MR) is 83.2 cm³/mol. The Morgan fingerprint density at radius 2 is 2.32 bits per heavy atom. The highest BCUT2D eigenvalue weighted by atomic mass is 16.5. The molecule has 0 aromatic carbocycles. The average Bonchev–Trinajstić information content (AvgIpc) is 3.28. The third-order valence-electron chi connectivity index (χ3n) is 5.52. The summed E-state index contributed by atoms with van der Waals surface area (Å²) in [4.78, 5) is 14.6. The lowest BCUT2D eigenvalue weighted by molar-refractivity contribution is 0.0819. The van der Waals surface area contributed by atoms with E-state index in [-0.39, 0.29) is 11.4 Å². The van der Waals surface area contributed by atoms with Crippen LogP contribution in [0.2, 0.25) is 0 Å². The lowest BCUT2D eigenvalue weighted by Gasteiger charge is -2.38. The number of anilines is 1. The molecule has 1 saturated heterocycles. The Kier molecular flexibility index (Phi) is 3.18. The van der Waals surface area contributed by atoms with Crippen LogP contribution in [0.3, 0.4) is 0 Å². The third kappa shape index (κ3) is 1.96. The Morgan fingerprint density at radius 1 is 1.50 bits per heavy atom. The number of hydrogen-bond acceptors (Lipinski definition) is 4. The van der Waals surface area contributed by atoms with Gasteiger partial charge in [0.25, 0.3) is 5.91 Å². The fourth-order valence-corrected chi connectivity index (χ4v) is 3.98. The zero-order valence-corrected chi connectivity index (χ0v) is 13.3. The number of aromatic nitrogens is 2. The van der Waals surface area contributed by atoms with Gasteiger partial charge in [-0.3, -0.25) is 4.79 Å². The monoisotopic (exact) mass is 304 g/mol. The molecule has 120 valence electrons. The van der Waals surface area contributed by atoms with Crippen LogP contribution < -0.4 is 10.2 Å². The van der Waals surface area contributed by atoms with Crippen LogP contribution in [0.25, 0.3) is 0 Å². The molecule has 22 heavy (non-hydrogen) atoms. The summed E-state index contributed by atoms with van der Waals surface area (Å²) in [7, 11) is 0. The van der Waals surface area contributed by atoms with Gasteiger partial charge in [0.05, 0.1) is 24.8 Å². The topological polar surface area (TPSA) is 59.4 Å². The van der Waals surface area contributed by atoms with Gasteiger partial charge in [-0.05, 0) is 32.1 Å². The molecule has 4 rings (SSSR count). The molecule has 2 atom stereocenters. The highest BCUT2D eigenvalue weighted by molar-refractivity contribution is 5.94. The summed E-state index contributed by atoms with van der Waals surface area (Å²) in [6.45, 7) is 7.33. The molecule has 1 saturated carbocycles. The Morgan fingerprint density at radius 3 is 3.00 bits per heavy atom. The van der Waals surface area contributed by atoms with Crippen LogP contribution in [0.1, 0.15) is 43.6 Å². The molecule has 6 heteroatoms. The van der Waals surface area contributed by atoms with Gasteiger partial charge in [0.2, 0.25) is 0 Å². The minimum absolute atomic E-state index is 0.00406. The number of amides is 1. The predicted octanol–water partition coefficient (Wildman–Crippen LogP) is 1.37. The van der Waals surface area contributed by atoms with E-state index >= 15 is 0 Å². The van der Waals surface area contributed by atoms with E-state index in [1.165, 1.54) is 12.8 Å². The number of rotatable bonds is 3. The van der Waals surface area contributed by atoms with Crippen LogP contribution in [0, 0.1) is 5.92 Å². The summed E-state index contributed by atoms with van der Waals surface area (Å²) in [6.07, 6.45) is 3.49. The molecule has 1 amide bonds. The second kappa shape index (κ2) is 4.98. The van der Waals surface area contributed by atoms with Crippen molar-refractivity contribution in [2.24, 2.45) is 5.92 Å². The smallest absolute Gasteiger partial charge is 0.269 e. The van der Waals surface area contributed by atoms with Gasteiger partial charge < -0.3 is 15.0 Å². The Balaban J connectivity index is 1.75. The molecule has 0 unspecified atom stereocenters. The lowest BCUT2D eigenvalue weighted by atomic mass is 9.88. The molecule has 1 aromatic rings. The Labute approximate surface area is 130 Å². The molecule has 2 aliphatic heterocycles. The van der Waals surface area contributed by atoms with Crippen LogP contribution in [-0.4, -0.2) is 48.0 Å².